The molecule has 0 aromatic heterocycles. The highest BCUT2D eigenvalue weighted by Crippen LogP contribution is 2.25. The van der Waals surface area contributed by atoms with Crippen LogP contribution in [0.5, 0.6) is 5.75 Å². The van der Waals surface area contributed by atoms with Crippen LogP contribution < -0.4 is 10.1 Å². The average Bonchev–Trinajstić information content (AvgIpc) is 3.18. The van der Waals surface area contributed by atoms with Gasteiger partial charge in [-0.3, -0.25) is 0 Å². The fraction of sp³-hybridized carbons (Fsp3) is 0.467. The van der Waals surface area contributed by atoms with Gasteiger partial charge in [0.2, 0.25) is 0 Å². The first-order chi connectivity index (χ1) is 8.79. The molecule has 2 nitrogen and oxygen atoms in total. The zero-order valence-corrected chi connectivity index (χ0v) is 12.4. The van der Waals surface area contributed by atoms with Gasteiger partial charge in [-0.2, -0.15) is 0 Å². The van der Waals surface area contributed by atoms with Crippen molar-refractivity contribution in [3.8, 4) is 5.75 Å². The lowest BCUT2D eigenvalue weighted by molar-refractivity contribution is 0.412. The molecule has 0 radical (unpaired) electrons. The molecule has 1 aliphatic rings. The minimum Gasteiger partial charge on any atom is -0.496 e. The molecule has 0 amide bonds. The molecule has 0 saturated heterocycles. The first kappa shape index (κ1) is 13.6. The molecule has 1 aromatic rings. The van der Waals surface area contributed by atoms with Gasteiger partial charge in [0, 0.05) is 6.04 Å². The van der Waals surface area contributed by atoms with E-state index in [9.17, 15) is 0 Å². The minimum atomic E-state index is 0.816. The number of hydrogen-bond acceptors (Lipinski definition) is 2. The molecule has 1 N–H and O–H groups in total. The number of rotatable bonds is 7. The summed E-state index contributed by atoms with van der Waals surface area (Å²) in [4.78, 5) is 0. The fourth-order valence-electron chi connectivity index (χ4n) is 1.83. The zero-order chi connectivity index (χ0) is 12.8. The molecule has 1 fully saturated rings. The summed E-state index contributed by atoms with van der Waals surface area (Å²) >= 11 is 3.50. The van der Waals surface area contributed by atoms with Crippen molar-refractivity contribution in [2.75, 3.05) is 13.7 Å². The summed E-state index contributed by atoms with van der Waals surface area (Å²) in [7, 11) is 1.69. The molecular formula is C15H20BrNO. The Hall–Kier alpha value is -0.800. The first-order valence-corrected chi connectivity index (χ1v) is 7.29. The van der Waals surface area contributed by atoms with Crippen LogP contribution in [0.2, 0.25) is 0 Å². The average molecular weight is 310 g/mol. The molecule has 1 aliphatic carbocycles. The standard InChI is InChI=1S/C15H20BrNO/c1-18-15-9-6-12(11-14(15)16)5-3-2-4-10-17-13-7-8-13/h2-3,6,9,11,13,17H,4-5,7-8,10H2,1H3. The van der Waals surface area contributed by atoms with E-state index < -0.39 is 0 Å². The Kier molecular flexibility index (Phi) is 5.26. The molecule has 0 atom stereocenters. The van der Waals surface area contributed by atoms with E-state index >= 15 is 0 Å². The van der Waals surface area contributed by atoms with Crippen LogP contribution in [0.25, 0.3) is 0 Å². The van der Waals surface area contributed by atoms with Crippen LogP contribution in [-0.2, 0) is 6.42 Å². The summed E-state index contributed by atoms with van der Waals surface area (Å²) in [6.07, 6.45) is 9.32. The largest absolute Gasteiger partial charge is 0.496 e. The Balaban J connectivity index is 1.71. The van der Waals surface area contributed by atoms with Gasteiger partial charge in [0.05, 0.1) is 11.6 Å². The highest BCUT2D eigenvalue weighted by atomic mass is 79.9. The summed E-state index contributed by atoms with van der Waals surface area (Å²) in [5.41, 5.74) is 1.30. The van der Waals surface area contributed by atoms with Crippen LogP contribution in [-0.4, -0.2) is 19.7 Å². The lowest BCUT2D eigenvalue weighted by Crippen LogP contribution is -2.16. The highest BCUT2D eigenvalue weighted by Gasteiger charge is 2.19. The Bertz CT molecular complexity index is 413. The molecule has 1 saturated carbocycles. The van der Waals surface area contributed by atoms with Crippen LogP contribution in [0.1, 0.15) is 24.8 Å². The number of benzene rings is 1. The minimum absolute atomic E-state index is 0.816. The third-order valence-electron chi connectivity index (χ3n) is 3.06. The van der Waals surface area contributed by atoms with Crippen molar-refractivity contribution in [2.45, 2.75) is 31.7 Å². The third-order valence-corrected chi connectivity index (χ3v) is 3.68. The topological polar surface area (TPSA) is 21.3 Å². The maximum Gasteiger partial charge on any atom is 0.133 e. The smallest absolute Gasteiger partial charge is 0.133 e. The molecule has 0 unspecified atom stereocenters. The summed E-state index contributed by atoms with van der Waals surface area (Å²) in [5.74, 6) is 0.886. The van der Waals surface area contributed by atoms with Crippen molar-refractivity contribution >= 4 is 15.9 Å². The molecule has 0 heterocycles. The van der Waals surface area contributed by atoms with Gasteiger partial charge in [-0.25, -0.2) is 0 Å². The van der Waals surface area contributed by atoms with E-state index in [1.807, 2.05) is 6.07 Å². The van der Waals surface area contributed by atoms with Crippen molar-refractivity contribution < 1.29 is 4.74 Å². The van der Waals surface area contributed by atoms with E-state index in [1.165, 1.54) is 18.4 Å². The summed E-state index contributed by atoms with van der Waals surface area (Å²) in [5, 5.41) is 3.50. The molecular weight excluding hydrogens is 290 g/mol. The number of nitrogens with one attached hydrogen (secondary N) is 1. The second-order valence-corrected chi connectivity index (χ2v) is 5.52. The molecule has 0 bridgehead atoms. The van der Waals surface area contributed by atoms with Crippen LogP contribution in [0.15, 0.2) is 34.8 Å². The van der Waals surface area contributed by atoms with Crippen LogP contribution in [0, 0.1) is 0 Å². The number of methoxy groups -OCH3 is 1. The van der Waals surface area contributed by atoms with E-state index in [0.717, 1.165) is 35.7 Å². The van der Waals surface area contributed by atoms with Crippen LogP contribution in [0.3, 0.4) is 0 Å². The van der Waals surface area contributed by atoms with Gasteiger partial charge in [0.15, 0.2) is 0 Å². The molecule has 98 valence electrons. The predicted molar refractivity (Wildman–Crippen MR) is 79.2 cm³/mol. The molecule has 18 heavy (non-hydrogen) atoms. The van der Waals surface area contributed by atoms with Gasteiger partial charge in [0.1, 0.15) is 5.75 Å². The first-order valence-electron chi connectivity index (χ1n) is 6.50. The van der Waals surface area contributed by atoms with E-state index in [-0.39, 0.29) is 0 Å². The van der Waals surface area contributed by atoms with Gasteiger partial charge >= 0.3 is 0 Å². The highest BCUT2D eigenvalue weighted by molar-refractivity contribution is 9.10. The quantitative estimate of drug-likeness (QED) is 0.612. The molecule has 1 aromatic carbocycles. The van der Waals surface area contributed by atoms with Crippen molar-refractivity contribution in [2.24, 2.45) is 0 Å². The van der Waals surface area contributed by atoms with Crippen LogP contribution >= 0.6 is 15.9 Å². The monoisotopic (exact) mass is 309 g/mol. The lowest BCUT2D eigenvalue weighted by Gasteiger charge is -2.04. The van der Waals surface area contributed by atoms with Crippen molar-refractivity contribution in [3.05, 3.63) is 40.4 Å². The van der Waals surface area contributed by atoms with Gasteiger partial charge in [-0.15, -0.1) is 0 Å². The van der Waals surface area contributed by atoms with Gasteiger partial charge in [-0.1, -0.05) is 18.2 Å². The maximum absolute atomic E-state index is 5.21. The molecule has 3 heteroatoms. The fourth-order valence-corrected chi connectivity index (χ4v) is 2.42. The lowest BCUT2D eigenvalue weighted by atomic mass is 10.1. The number of ether oxygens (including phenoxy) is 1. The summed E-state index contributed by atoms with van der Waals surface area (Å²) < 4.78 is 6.23. The van der Waals surface area contributed by atoms with Crippen LogP contribution in [0.4, 0.5) is 0 Å². The van der Waals surface area contributed by atoms with Crippen molar-refractivity contribution in [3.63, 3.8) is 0 Å². The molecule has 0 aliphatic heterocycles. The number of halogens is 1. The normalized spacial score (nSPS) is 15.2. The second kappa shape index (κ2) is 6.95. The van der Waals surface area contributed by atoms with Gasteiger partial charge in [-0.05, 0) is 65.9 Å². The van der Waals surface area contributed by atoms with E-state index in [2.05, 4.69) is 45.5 Å². The summed E-state index contributed by atoms with van der Waals surface area (Å²) in [6.45, 7) is 1.10. The Morgan fingerprint density at radius 3 is 2.89 bits per heavy atom. The van der Waals surface area contributed by atoms with E-state index in [0.29, 0.717) is 0 Å². The SMILES string of the molecule is COc1ccc(CC=CCCNC2CC2)cc1Br. The van der Waals surface area contributed by atoms with Crippen molar-refractivity contribution in [1.29, 1.82) is 0 Å². The third kappa shape index (κ3) is 4.46. The van der Waals surface area contributed by atoms with Crippen molar-refractivity contribution in [1.82, 2.24) is 5.32 Å². The Labute approximate surface area is 118 Å². The Morgan fingerprint density at radius 2 is 2.22 bits per heavy atom. The summed E-state index contributed by atoms with van der Waals surface area (Å²) in [6, 6.07) is 7.04. The Morgan fingerprint density at radius 1 is 1.39 bits per heavy atom. The predicted octanol–water partition coefficient (Wildman–Crippen LogP) is 3.70. The maximum atomic E-state index is 5.21. The number of allylic oxidation sites excluding steroid dienone is 1. The zero-order valence-electron chi connectivity index (χ0n) is 10.8. The molecule has 2 rings (SSSR count). The van der Waals surface area contributed by atoms with E-state index in [4.69, 9.17) is 4.74 Å². The number of hydrogen-bond donors (Lipinski definition) is 1. The molecule has 0 spiro atoms. The second-order valence-electron chi connectivity index (χ2n) is 4.66. The van der Waals surface area contributed by atoms with Gasteiger partial charge < -0.3 is 10.1 Å². The van der Waals surface area contributed by atoms with Gasteiger partial charge in [0.25, 0.3) is 0 Å². The van der Waals surface area contributed by atoms with E-state index in [1.54, 1.807) is 7.11 Å².